The van der Waals surface area contributed by atoms with Crippen molar-refractivity contribution in [2.24, 2.45) is 10.2 Å². The smallest absolute Gasteiger partial charge is 0.744 e. The van der Waals surface area contributed by atoms with Crippen LogP contribution < -0.4 is 35.3 Å². The molecule has 9 heteroatoms. The summed E-state index contributed by atoms with van der Waals surface area (Å²) in [7, 11) is -4.74. The number of aryl methyl sites for hydroxylation is 1. The molecule has 178 valence electrons. The van der Waals surface area contributed by atoms with E-state index >= 15 is 0 Å². The number of benzene rings is 4. The van der Waals surface area contributed by atoms with Crippen LogP contribution in [0.3, 0.4) is 0 Å². The Hall–Kier alpha value is -3.40. The van der Waals surface area contributed by atoms with Gasteiger partial charge in [0.25, 0.3) is 0 Å². The maximum atomic E-state index is 11.8. The van der Waals surface area contributed by atoms with Gasteiger partial charge in [-0.1, -0.05) is 72.3 Å². The van der Waals surface area contributed by atoms with Crippen molar-refractivity contribution in [2.75, 3.05) is 5.73 Å². The van der Waals surface area contributed by atoms with Gasteiger partial charge in [0.2, 0.25) is 0 Å². The quantitative estimate of drug-likeness (QED) is 0.165. The van der Waals surface area contributed by atoms with Crippen LogP contribution in [0, 0.1) is 6.92 Å². The summed E-state index contributed by atoms with van der Waals surface area (Å²) in [5.74, 6) is 0. The topological polar surface area (TPSA) is 121 Å². The molecule has 1 heterocycles. The van der Waals surface area contributed by atoms with Gasteiger partial charge in [-0.25, -0.2) is 8.42 Å². The third kappa shape index (κ3) is 5.64. The first-order chi connectivity index (χ1) is 17.3. The second-order valence-corrected chi connectivity index (χ2v) is 9.67. The van der Waals surface area contributed by atoms with Gasteiger partial charge in [-0.15, -0.1) is 10.2 Å². The summed E-state index contributed by atoms with van der Waals surface area (Å²) < 4.78 is 35.5. The van der Waals surface area contributed by atoms with Crippen molar-refractivity contribution >= 4 is 38.0 Å². The van der Waals surface area contributed by atoms with Crippen LogP contribution in [0.2, 0.25) is 0 Å². The second-order valence-electron chi connectivity index (χ2n) is 8.32. The molecule has 0 aliphatic rings. The van der Waals surface area contributed by atoms with Crippen molar-refractivity contribution in [3.05, 3.63) is 103 Å². The molecule has 37 heavy (non-hydrogen) atoms. The van der Waals surface area contributed by atoms with Gasteiger partial charge >= 0.3 is 29.6 Å². The fourth-order valence-corrected chi connectivity index (χ4v) is 4.80. The molecule has 0 saturated carbocycles. The Morgan fingerprint density at radius 2 is 1.51 bits per heavy atom. The molecule has 0 atom stereocenters. The number of pyridine rings is 1. The molecule has 0 unspecified atom stereocenters. The van der Waals surface area contributed by atoms with Gasteiger partial charge in [0.1, 0.15) is 21.5 Å². The average Bonchev–Trinajstić information content (AvgIpc) is 2.88. The summed E-state index contributed by atoms with van der Waals surface area (Å²) >= 11 is 0. The van der Waals surface area contributed by atoms with Crippen molar-refractivity contribution < 1.29 is 42.5 Å². The third-order valence-electron chi connectivity index (χ3n) is 5.85. The SMILES string of the molecule is Cc1ccc(-c2ccccc2)c(-c2ccc(N=Nc3cc(S(=O)(=O)[O-])c4ccccc4c3N)cn2)c1.[Na+]. The van der Waals surface area contributed by atoms with Crippen LogP contribution in [0.1, 0.15) is 5.56 Å². The minimum absolute atomic E-state index is 0. The number of fused-ring (bicyclic) bond motifs is 1. The zero-order valence-corrected chi connectivity index (χ0v) is 23.1. The predicted molar refractivity (Wildman–Crippen MR) is 140 cm³/mol. The average molecular weight is 517 g/mol. The van der Waals surface area contributed by atoms with Crippen LogP contribution in [0.4, 0.5) is 17.1 Å². The summed E-state index contributed by atoms with van der Waals surface area (Å²) in [5, 5.41) is 9.00. The van der Waals surface area contributed by atoms with Crippen molar-refractivity contribution in [1.29, 1.82) is 0 Å². The van der Waals surface area contributed by atoms with E-state index in [0.29, 0.717) is 11.1 Å². The van der Waals surface area contributed by atoms with E-state index in [-0.39, 0.29) is 51.2 Å². The standard InChI is InChI=1S/C28H22N4O3S.Na/c1-18-11-13-21(19-7-3-2-4-8-19)24(15-18)25-14-12-20(17-30-25)31-32-26-16-27(36(33,34)35)22-9-5-6-10-23(22)28(26)29;/h2-17H,29H2,1H3,(H,33,34,35);/q;+1/p-1. The van der Waals surface area contributed by atoms with Gasteiger partial charge in [0, 0.05) is 16.3 Å². The van der Waals surface area contributed by atoms with E-state index in [9.17, 15) is 13.0 Å². The van der Waals surface area contributed by atoms with Crippen LogP contribution in [0.5, 0.6) is 0 Å². The zero-order valence-electron chi connectivity index (χ0n) is 20.3. The maximum absolute atomic E-state index is 11.8. The normalized spacial score (nSPS) is 11.5. The van der Waals surface area contributed by atoms with Crippen LogP contribution >= 0.6 is 0 Å². The van der Waals surface area contributed by atoms with Crippen LogP contribution in [-0.4, -0.2) is 18.0 Å². The van der Waals surface area contributed by atoms with E-state index < -0.39 is 10.1 Å². The number of anilines is 1. The summed E-state index contributed by atoms with van der Waals surface area (Å²) in [6, 6.07) is 27.6. The largest absolute Gasteiger partial charge is 1.00 e. The zero-order chi connectivity index (χ0) is 25.3. The van der Waals surface area contributed by atoms with Gasteiger partial charge in [0.15, 0.2) is 0 Å². The molecule has 0 amide bonds. The van der Waals surface area contributed by atoms with Gasteiger partial charge < -0.3 is 10.3 Å². The minimum atomic E-state index is -4.74. The Morgan fingerprint density at radius 1 is 0.811 bits per heavy atom. The molecule has 1 aromatic heterocycles. The Bertz CT molecular complexity index is 1720. The number of aromatic nitrogens is 1. The van der Waals surface area contributed by atoms with Crippen molar-refractivity contribution in [3.63, 3.8) is 0 Å². The molecule has 0 fully saturated rings. The van der Waals surface area contributed by atoms with Crippen molar-refractivity contribution in [2.45, 2.75) is 11.8 Å². The maximum Gasteiger partial charge on any atom is 1.00 e. The molecule has 2 N–H and O–H groups in total. The molecule has 0 radical (unpaired) electrons. The summed E-state index contributed by atoms with van der Waals surface area (Å²) in [6.45, 7) is 2.03. The Balaban J connectivity index is 0.00000320. The van der Waals surface area contributed by atoms with Gasteiger partial charge in [-0.2, -0.15) is 0 Å². The Kier molecular flexibility index (Phi) is 7.87. The van der Waals surface area contributed by atoms with E-state index in [1.54, 1.807) is 30.5 Å². The molecule has 0 bridgehead atoms. The molecule has 7 nitrogen and oxygen atoms in total. The van der Waals surface area contributed by atoms with E-state index in [1.807, 2.05) is 31.2 Å². The number of azo groups is 1. The van der Waals surface area contributed by atoms with Crippen LogP contribution in [0.25, 0.3) is 33.2 Å². The minimum Gasteiger partial charge on any atom is -0.744 e. The second kappa shape index (κ2) is 10.9. The summed E-state index contributed by atoms with van der Waals surface area (Å²) in [4.78, 5) is 4.20. The number of nitrogens with zero attached hydrogens (tertiary/aromatic N) is 3. The first kappa shape index (κ1) is 26.7. The molecule has 0 aliphatic carbocycles. The van der Waals surface area contributed by atoms with Gasteiger partial charge in [0.05, 0.1) is 22.5 Å². The van der Waals surface area contributed by atoms with E-state index in [2.05, 4.69) is 45.5 Å². The monoisotopic (exact) mass is 516 g/mol. The molecular formula is C28H21N4NaO3S. The van der Waals surface area contributed by atoms with E-state index in [0.717, 1.165) is 34.0 Å². The van der Waals surface area contributed by atoms with Crippen LogP contribution in [-0.2, 0) is 10.1 Å². The van der Waals surface area contributed by atoms with Gasteiger partial charge in [-0.3, -0.25) is 4.98 Å². The molecule has 0 saturated heterocycles. The molecule has 5 aromatic rings. The number of nitrogens with two attached hydrogens (primary N) is 1. The fourth-order valence-electron chi connectivity index (χ4n) is 4.10. The summed E-state index contributed by atoms with van der Waals surface area (Å²) in [6.07, 6.45) is 1.58. The van der Waals surface area contributed by atoms with Crippen molar-refractivity contribution in [1.82, 2.24) is 4.98 Å². The van der Waals surface area contributed by atoms with Gasteiger partial charge in [-0.05, 0) is 42.3 Å². The number of rotatable bonds is 5. The Labute approximate surface area is 237 Å². The predicted octanol–water partition coefficient (Wildman–Crippen LogP) is 3.78. The first-order valence-corrected chi connectivity index (χ1v) is 12.5. The summed E-state index contributed by atoms with van der Waals surface area (Å²) in [5.41, 5.74) is 12.0. The van der Waals surface area contributed by atoms with E-state index in [1.165, 1.54) is 6.07 Å². The number of hydrogen-bond donors (Lipinski definition) is 1. The Morgan fingerprint density at radius 3 is 2.19 bits per heavy atom. The molecule has 0 spiro atoms. The third-order valence-corrected chi connectivity index (χ3v) is 6.73. The molecule has 5 rings (SSSR count). The number of hydrogen-bond acceptors (Lipinski definition) is 7. The fraction of sp³-hybridized carbons (Fsp3) is 0.0357. The molecule has 0 aliphatic heterocycles. The number of nitrogen functional groups attached to an aromatic ring is 1. The molecule has 4 aromatic carbocycles. The molecular weight excluding hydrogens is 495 g/mol. The van der Waals surface area contributed by atoms with Crippen LogP contribution in [0.15, 0.2) is 112 Å². The van der Waals surface area contributed by atoms with E-state index in [4.69, 9.17) is 5.73 Å². The van der Waals surface area contributed by atoms with Crippen molar-refractivity contribution in [3.8, 4) is 22.4 Å². The first-order valence-electron chi connectivity index (χ1n) is 11.1.